The molecule has 1 saturated heterocycles. The van der Waals surface area contributed by atoms with Crippen molar-refractivity contribution in [3.05, 3.63) is 83.0 Å². The Kier molecular flexibility index (Phi) is 8.83. The van der Waals surface area contributed by atoms with Crippen molar-refractivity contribution in [2.24, 2.45) is 17.1 Å². The summed E-state index contributed by atoms with van der Waals surface area (Å²) in [5.41, 5.74) is 4.00. The van der Waals surface area contributed by atoms with E-state index in [-0.39, 0.29) is 16.5 Å². The minimum atomic E-state index is -4.95. The van der Waals surface area contributed by atoms with Crippen molar-refractivity contribution in [3.8, 4) is 0 Å². The molecule has 5 N–H and O–H groups in total. The minimum absolute atomic E-state index is 0.0209. The molecule has 44 heavy (non-hydrogen) atoms. The number of hydrogen-bond acceptors (Lipinski definition) is 6. The molecule has 9 nitrogen and oxygen atoms in total. The second kappa shape index (κ2) is 12.3. The van der Waals surface area contributed by atoms with Crippen LogP contribution in [0.25, 0.3) is 0 Å². The number of carbonyl (C=O) groups is 2. The van der Waals surface area contributed by atoms with E-state index in [9.17, 15) is 27.9 Å². The van der Waals surface area contributed by atoms with Gasteiger partial charge in [-0.2, -0.15) is 13.2 Å². The van der Waals surface area contributed by atoms with E-state index < -0.39 is 60.5 Å². The number of nitrogens with zero attached hydrogens (tertiary/aromatic N) is 3. The molecule has 2 aliphatic rings. The van der Waals surface area contributed by atoms with Crippen LogP contribution in [-0.4, -0.2) is 57.3 Å². The number of aromatic nitrogens is 2. The van der Waals surface area contributed by atoms with Crippen molar-refractivity contribution in [2.45, 2.75) is 49.9 Å². The van der Waals surface area contributed by atoms with Gasteiger partial charge in [0.2, 0.25) is 5.91 Å². The lowest BCUT2D eigenvalue weighted by molar-refractivity contribution is -0.229. The molecule has 1 aromatic carbocycles. The number of hydrogen-bond donors (Lipinski definition) is 4. The number of rotatable bonds is 9. The zero-order valence-corrected chi connectivity index (χ0v) is 24.2. The molecule has 234 valence electrons. The van der Waals surface area contributed by atoms with Crippen molar-refractivity contribution in [3.63, 3.8) is 0 Å². The fourth-order valence-electron chi connectivity index (χ4n) is 5.53. The number of nitrogens with two attached hydrogens (primary N) is 1. The van der Waals surface area contributed by atoms with Gasteiger partial charge in [0.05, 0.1) is 22.9 Å². The highest BCUT2D eigenvalue weighted by molar-refractivity contribution is 6.30. The van der Waals surface area contributed by atoms with E-state index in [0.29, 0.717) is 22.8 Å². The third kappa shape index (κ3) is 6.49. The van der Waals surface area contributed by atoms with Gasteiger partial charge in [0.1, 0.15) is 23.1 Å². The third-order valence-electron chi connectivity index (χ3n) is 8.44. The van der Waals surface area contributed by atoms with E-state index in [0.717, 1.165) is 30.9 Å². The van der Waals surface area contributed by atoms with Gasteiger partial charge in [0.25, 0.3) is 0 Å². The molecule has 2 aromatic heterocycles. The number of carbonyl (C=O) groups excluding carboxylic acids is 2. The van der Waals surface area contributed by atoms with Crippen molar-refractivity contribution in [2.75, 3.05) is 23.8 Å². The fraction of sp³-hybridized carbons (Fsp3) is 0.400. The second-order valence-corrected chi connectivity index (χ2v) is 11.9. The fourth-order valence-corrected chi connectivity index (χ4v) is 5.64. The number of aliphatic hydroxyl groups excluding tert-OH is 1. The molecule has 1 aliphatic heterocycles. The molecule has 1 aliphatic carbocycles. The largest absolute Gasteiger partial charge is 0.398 e. The second-order valence-electron chi connectivity index (χ2n) is 11.4. The molecule has 1 unspecified atom stereocenters. The first-order valence-corrected chi connectivity index (χ1v) is 14.4. The summed E-state index contributed by atoms with van der Waals surface area (Å²) in [4.78, 5) is 35.3. The Hall–Kier alpha value is -3.81. The van der Waals surface area contributed by atoms with Crippen LogP contribution in [0, 0.1) is 17.2 Å². The van der Waals surface area contributed by atoms with Gasteiger partial charge in [-0.05, 0) is 72.7 Å². The Balaban J connectivity index is 1.44. The summed E-state index contributed by atoms with van der Waals surface area (Å²) >= 11 is 5.81. The normalized spacial score (nSPS) is 21.5. The van der Waals surface area contributed by atoms with Crippen LogP contribution < -0.4 is 16.4 Å². The Bertz CT molecular complexity index is 1510. The average Bonchev–Trinajstić information content (AvgIpc) is 3.74. The number of anilines is 2. The average molecular weight is 635 g/mol. The summed E-state index contributed by atoms with van der Waals surface area (Å²) in [5.74, 6) is -1.39. The van der Waals surface area contributed by atoms with Crippen molar-refractivity contribution in [1.82, 2.24) is 14.9 Å². The molecule has 3 aromatic rings. The number of pyridine rings is 2. The molecule has 0 bridgehead atoms. The lowest BCUT2D eigenvalue weighted by Gasteiger charge is -2.31. The van der Waals surface area contributed by atoms with E-state index in [1.54, 1.807) is 24.5 Å². The molecule has 2 fully saturated rings. The first-order chi connectivity index (χ1) is 20.8. The van der Waals surface area contributed by atoms with E-state index in [1.165, 1.54) is 30.5 Å². The summed E-state index contributed by atoms with van der Waals surface area (Å²) < 4.78 is 57.6. The van der Waals surface area contributed by atoms with Crippen LogP contribution in [0.5, 0.6) is 0 Å². The first-order valence-electron chi connectivity index (χ1n) is 14.0. The Morgan fingerprint density at radius 2 is 1.82 bits per heavy atom. The van der Waals surface area contributed by atoms with Crippen LogP contribution in [0.15, 0.2) is 61.1 Å². The van der Waals surface area contributed by atoms with Gasteiger partial charge >= 0.3 is 12.2 Å². The molecule has 0 radical (unpaired) electrons. The molecule has 0 spiro atoms. The molecule has 3 atom stereocenters. The van der Waals surface area contributed by atoms with E-state index in [2.05, 4.69) is 20.6 Å². The van der Waals surface area contributed by atoms with Gasteiger partial charge in [-0.3, -0.25) is 15.1 Å². The van der Waals surface area contributed by atoms with E-state index >= 15 is 4.39 Å². The van der Waals surface area contributed by atoms with Crippen LogP contribution in [0.3, 0.4) is 0 Å². The number of halogens is 5. The Labute approximate surface area is 255 Å². The number of urea groups is 1. The lowest BCUT2D eigenvalue weighted by Crippen LogP contribution is -2.47. The van der Waals surface area contributed by atoms with Gasteiger partial charge in [-0.25, -0.2) is 14.2 Å². The van der Waals surface area contributed by atoms with Crippen LogP contribution >= 0.6 is 11.6 Å². The van der Waals surface area contributed by atoms with Crippen LogP contribution in [0.1, 0.15) is 43.2 Å². The van der Waals surface area contributed by atoms with Crippen LogP contribution in [0.2, 0.25) is 5.02 Å². The summed E-state index contributed by atoms with van der Waals surface area (Å²) in [6.07, 6.45) is 2.07. The number of likely N-dealkylation sites (tertiary alicyclic amines) is 1. The zero-order chi connectivity index (χ0) is 31.7. The summed E-state index contributed by atoms with van der Waals surface area (Å²) in [7, 11) is 0. The predicted molar refractivity (Wildman–Crippen MR) is 155 cm³/mol. The molecule has 14 heteroatoms. The number of amides is 3. The summed E-state index contributed by atoms with van der Waals surface area (Å²) in [5, 5.41) is 14.8. The van der Waals surface area contributed by atoms with Gasteiger partial charge in [-0.1, -0.05) is 30.5 Å². The molecule has 5 rings (SSSR count). The van der Waals surface area contributed by atoms with Crippen LogP contribution in [0.4, 0.5) is 33.9 Å². The molecule has 3 amide bonds. The number of aliphatic hydroxyl groups is 1. The lowest BCUT2D eigenvalue weighted by atomic mass is 9.79. The number of alkyl halides is 3. The van der Waals surface area contributed by atoms with Gasteiger partial charge in [0.15, 0.2) is 0 Å². The molecular weight excluding hydrogens is 604 g/mol. The quantitative estimate of drug-likeness (QED) is 0.232. The minimum Gasteiger partial charge on any atom is -0.395 e. The predicted octanol–water partition coefficient (Wildman–Crippen LogP) is 5.45. The first kappa shape index (κ1) is 31.6. The Morgan fingerprint density at radius 3 is 2.43 bits per heavy atom. The summed E-state index contributed by atoms with van der Waals surface area (Å²) in [6, 6.07) is 7.48. The maximum absolute atomic E-state index is 15.1. The van der Waals surface area contributed by atoms with Crippen molar-refractivity contribution < 1.29 is 32.3 Å². The standard InChI is InChI=1S/C30H31ClF4N6O3/c31-21-4-6-25(38-15-21)40-27(44)41-16-28(17-42,30(33,34)35)14-24(41)26(43)39-23-13-20(3-5-22(23)32)29(36,10-7-18-1-2-18)19-8-11-37-12-9-19/h3-6,8-9,11-13,15,18,24,42H,1-2,7,10,14,16-17,36H2,(H,39,43)(H,38,40,44)/t24-,28+,29?/m1/s1. The van der Waals surface area contributed by atoms with Gasteiger partial charge in [0, 0.05) is 25.1 Å². The highest BCUT2D eigenvalue weighted by Crippen LogP contribution is 2.48. The number of nitrogens with one attached hydrogen (secondary N) is 2. The SMILES string of the molecule is NC(CCC1CC1)(c1ccncc1)c1ccc(F)c(NC(=O)[C@H]2C[C@](CO)(C(F)(F)F)CN2C(=O)Nc2ccc(Cl)cn2)c1. The molecule has 3 heterocycles. The highest BCUT2D eigenvalue weighted by atomic mass is 35.5. The van der Waals surface area contributed by atoms with Gasteiger partial charge < -0.3 is 21.1 Å². The Morgan fingerprint density at radius 1 is 1.09 bits per heavy atom. The van der Waals surface area contributed by atoms with E-state index in [4.69, 9.17) is 17.3 Å². The van der Waals surface area contributed by atoms with Gasteiger partial charge in [-0.15, -0.1) is 0 Å². The zero-order valence-electron chi connectivity index (χ0n) is 23.5. The number of benzene rings is 1. The van der Waals surface area contributed by atoms with Crippen molar-refractivity contribution in [1.29, 1.82) is 0 Å². The highest BCUT2D eigenvalue weighted by Gasteiger charge is 2.62. The monoisotopic (exact) mass is 634 g/mol. The molecule has 1 saturated carbocycles. The van der Waals surface area contributed by atoms with E-state index in [1.807, 2.05) is 0 Å². The maximum Gasteiger partial charge on any atom is 0.398 e. The topological polar surface area (TPSA) is 133 Å². The third-order valence-corrected chi connectivity index (χ3v) is 8.67. The smallest absolute Gasteiger partial charge is 0.395 e. The maximum atomic E-state index is 15.1. The summed E-state index contributed by atoms with van der Waals surface area (Å²) in [6.45, 7) is -2.38. The van der Waals surface area contributed by atoms with Crippen LogP contribution in [-0.2, 0) is 10.3 Å². The molecular formula is C30H31ClF4N6O3. The van der Waals surface area contributed by atoms with Crippen molar-refractivity contribution >= 4 is 35.0 Å².